The summed E-state index contributed by atoms with van der Waals surface area (Å²) in [6.07, 6.45) is 6.61. The SMILES string of the molecule is COC1=CC(Cc2nc3sc4c(O)ccc(Cc5ccccc5)c4c3c(=O)n2CCc2cccs2)=CCC1OC. The quantitative estimate of drug-likeness (QED) is 0.215. The van der Waals surface area contributed by atoms with Gasteiger partial charge in [-0.2, -0.15) is 0 Å². The van der Waals surface area contributed by atoms with Crippen molar-refractivity contribution in [2.45, 2.75) is 38.3 Å². The fourth-order valence-electron chi connectivity index (χ4n) is 5.37. The number of rotatable bonds is 9. The van der Waals surface area contributed by atoms with Crippen LogP contribution in [0.15, 0.2) is 88.3 Å². The Morgan fingerprint density at radius 2 is 1.90 bits per heavy atom. The molecule has 1 atom stereocenters. The van der Waals surface area contributed by atoms with Gasteiger partial charge in [0.1, 0.15) is 28.3 Å². The molecule has 3 aromatic heterocycles. The van der Waals surface area contributed by atoms with E-state index in [2.05, 4.69) is 29.7 Å². The van der Waals surface area contributed by atoms with Crippen molar-refractivity contribution in [3.8, 4) is 5.75 Å². The van der Waals surface area contributed by atoms with Crippen LogP contribution in [-0.2, 0) is 35.3 Å². The minimum absolute atomic E-state index is 0.0650. The Labute approximate surface area is 240 Å². The number of ether oxygens (including phenoxy) is 2. The molecule has 6 nitrogen and oxygen atoms in total. The van der Waals surface area contributed by atoms with Crippen LogP contribution in [0.1, 0.15) is 28.2 Å². The number of thiophene rings is 2. The van der Waals surface area contributed by atoms with Crippen LogP contribution in [0.3, 0.4) is 0 Å². The van der Waals surface area contributed by atoms with E-state index in [9.17, 15) is 9.90 Å². The highest BCUT2D eigenvalue weighted by Gasteiger charge is 2.23. The van der Waals surface area contributed by atoms with Gasteiger partial charge in [0.15, 0.2) is 0 Å². The lowest BCUT2D eigenvalue weighted by molar-refractivity contribution is 0.0789. The van der Waals surface area contributed by atoms with E-state index in [4.69, 9.17) is 14.5 Å². The van der Waals surface area contributed by atoms with E-state index >= 15 is 0 Å². The van der Waals surface area contributed by atoms with Gasteiger partial charge in [0.2, 0.25) is 0 Å². The molecule has 6 rings (SSSR count). The number of allylic oxidation sites excluding steroid dienone is 2. The van der Waals surface area contributed by atoms with Gasteiger partial charge in [-0.1, -0.05) is 48.5 Å². The highest BCUT2D eigenvalue weighted by Crippen LogP contribution is 2.39. The van der Waals surface area contributed by atoms with E-state index in [-0.39, 0.29) is 17.4 Å². The maximum Gasteiger partial charge on any atom is 0.262 e. The lowest BCUT2D eigenvalue weighted by atomic mass is 9.99. The number of fused-ring (bicyclic) bond motifs is 3. The molecule has 0 bridgehead atoms. The number of hydrogen-bond donors (Lipinski definition) is 1. The molecule has 1 aliphatic carbocycles. The molecule has 3 heterocycles. The molecule has 0 fully saturated rings. The summed E-state index contributed by atoms with van der Waals surface area (Å²) in [5.41, 5.74) is 3.13. The van der Waals surface area contributed by atoms with Gasteiger partial charge in [-0.05, 0) is 59.6 Å². The summed E-state index contributed by atoms with van der Waals surface area (Å²) in [5.74, 6) is 1.65. The Morgan fingerprint density at radius 3 is 2.65 bits per heavy atom. The second-order valence-electron chi connectivity index (χ2n) is 9.87. The maximum atomic E-state index is 14.3. The Morgan fingerprint density at radius 1 is 1.05 bits per heavy atom. The monoisotopic (exact) mass is 570 g/mol. The van der Waals surface area contributed by atoms with E-state index in [0.29, 0.717) is 46.5 Å². The number of methoxy groups -OCH3 is 2. The third-order valence-electron chi connectivity index (χ3n) is 7.41. The van der Waals surface area contributed by atoms with Crippen molar-refractivity contribution in [2.75, 3.05) is 14.2 Å². The second-order valence-corrected chi connectivity index (χ2v) is 11.9. The van der Waals surface area contributed by atoms with Gasteiger partial charge in [-0.25, -0.2) is 4.98 Å². The standard InChI is InChI=1S/C32H30N2O4S2/c1-37-25-13-10-21(18-26(25)38-2)19-27-33-31-29(32(36)34(27)15-14-23-9-6-16-39-23)28-22(11-12-24(35)30(28)40-31)17-20-7-4-3-5-8-20/h3-12,16,18,25,35H,13-15,17,19H2,1-2H3. The van der Waals surface area contributed by atoms with Gasteiger partial charge >= 0.3 is 0 Å². The Kier molecular flexibility index (Phi) is 7.56. The van der Waals surface area contributed by atoms with Crippen molar-refractivity contribution in [2.24, 2.45) is 0 Å². The summed E-state index contributed by atoms with van der Waals surface area (Å²) in [6.45, 7) is 0.524. The van der Waals surface area contributed by atoms with Crippen LogP contribution in [0.25, 0.3) is 20.3 Å². The predicted octanol–water partition coefficient (Wildman–Crippen LogP) is 6.63. The van der Waals surface area contributed by atoms with Crippen LogP contribution in [0.4, 0.5) is 0 Å². The molecular formula is C32H30N2O4S2. The van der Waals surface area contributed by atoms with Gasteiger partial charge in [-0.15, -0.1) is 22.7 Å². The Hall–Kier alpha value is -3.72. The van der Waals surface area contributed by atoms with Crippen molar-refractivity contribution >= 4 is 43.0 Å². The molecule has 1 aliphatic rings. The van der Waals surface area contributed by atoms with Crippen LogP contribution < -0.4 is 5.56 Å². The molecule has 8 heteroatoms. The van der Waals surface area contributed by atoms with Crippen molar-refractivity contribution < 1.29 is 14.6 Å². The van der Waals surface area contributed by atoms with Crippen molar-refractivity contribution in [1.29, 1.82) is 0 Å². The molecule has 1 N–H and O–H groups in total. The van der Waals surface area contributed by atoms with Gasteiger partial charge in [0.25, 0.3) is 5.56 Å². The van der Waals surface area contributed by atoms with E-state index in [1.807, 2.05) is 41.0 Å². The number of benzene rings is 2. The smallest absolute Gasteiger partial charge is 0.262 e. The van der Waals surface area contributed by atoms with Gasteiger partial charge in [-0.3, -0.25) is 9.36 Å². The third kappa shape index (κ3) is 5.10. The maximum absolute atomic E-state index is 14.3. The molecule has 0 saturated heterocycles. The van der Waals surface area contributed by atoms with Crippen LogP contribution in [0.5, 0.6) is 5.75 Å². The number of phenolic OH excluding ortho intramolecular Hbond substituents is 1. The van der Waals surface area contributed by atoms with Crippen molar-refractivity contribution in [3.63, 3.8) is 0 Å². The molecular weight excluding hydrogens is 540 g/mol. The van der Waals surface area contributed by atoms with Gasteiger partial charge in [0.05, 0.1) is 17.2 Å². The molecule has 0 spiro atoms. The van der Waals surface area contributed by atoms with Gasteiger partial charge in [0, 0.05) is 30.3 Å². The number of phenols is 1. The van der Waals surface area contributed by atoms with Crippen molar-refractivity contribution in [1.82, 2.24) is 9.55 Å². The van der Waals surface area contributed by atoms with E-state index in [0.717, 1.165) is 34.3 Å². The number of nitrogens with zero attached hydrogens (tertiary/aromatic N) is 2. The number of aryl methyl sites for hydroxylation is 1. The van der Waals surface area contributed by atoms with Gasteiger partial charge < -0.3 is 14.6 Å². The number of aromatic hydroxyl groups is 1. The summed E-state index contributed by atoms with van der Waals surface area (Å²) in [7, 11) is 3.33. The lowest BCUT2D eigenvalue weighted by Crippen LogP contribution is -2.26. The predicted molar refractivity (Wildman–Crippen MR) is 163 cm³/mol. The van der Waals surface area contributed by atoms with Crippen LogP contribution in [0.2, 0.25) is 0 Å². The summed E-state index contributed by atoms with van der Waals surface area (Å²) in [4.78, 5) is 21.3. The minimum atomic E-state index is -0.112. The van der Waals surface area contributed by atoms with Crippen LogP contribution >= 0.6 is 22.7 Å². The van der Waals surface area contributed by atoms with E-state index < -0.39 is 0 Å². The zero-order chi connectivity index (χ0) is 27.6. The first-order valence-electron chi connectivity index (χ1n) is 13.3. The van der Waals surface area contributed by atoms with E-state index in [1.54, 1.807) is 31.6 Å². The summed E-state index contributed by atoms with van der Waals surface area (Å²) in [6, 6.07) is 18.0. The molecule has 0 radical (unpaired) electrons. The molecule has 0 aliphatic heterocycles. The molecule has 5 aromatic rings. The largest absolute Gasteiger partial charge is 0.506 e. The molecule has 2 aromatic carbocycles. The lowest BCUT2D eigenvalue weighted by Gasteiger charge is -2.22. The van der Waals surface area contributed by atoms with E-state index in [1.165, 1.54) is 16.2 Å². The van der Waals surface area contributed by atoms with Crippen LogP contribution in [-0.4, -0.2) is 35.0 Å². The molecule has 204 valence electrons. The number of hydrogen-bond acceptors (Lipinski definition) is 7. The normalized spacial score (nSPS) is 15.4. The fourth-order valence-corrected chi connectivity index (χ4v) is 7.22. The fraction of sp³-hybridized carbons (Fsp3) is 0.250. The average molecular weight is 571 g/mol. The first-order valence-corrected chi connectivity index (χ1v) is 15.0. The second kappa shape index (κ2) is 11.4. The summed E-state index contributed by atoms with van der Waals surface area (Å²) in [5, 5.41) is 14.3. The molecule has 0 saturated carbocycles. The Balaban J connectivity index is 1.50. The van der Waals surface area contributed by atoms with Crippen molar-refractivity contribution in [3.05, 3.63) is 116 Å². The first-order chi connectivity index (χ1) is 19.6. The Bertz CT molecular complexity index is 1780. The van der Waals surface area contributed by atoms with Crippen LogP contribution in [0, 0.1) is 0 Å². The topological polar surface area (TPSA) is 73.6 Å². The zero-order valence-corrected chi connectivity index (χ0v) is 24.1. The zero-order valence-electron chi connectivity index (χ0n) is 22.4. The molecule has 1 unspecified atom stereocenters. The highest BCUT2D eigenvalue weighted by atomic mass is 32.1. The highest BCUT2D eigenvalue weighted by molar-refractivity contribution is 7.25. The molecule has 0 amide bonds. The number of aromatic nitrogens is 2. The minimum Gasteiger partial charge on any atom is -0.506 e. The molecule has 40 heavy (non-hydrogen) atoms. The summed E-state index contributed by atoms with van der Waals surface area (Å²) >= 11 is 3.08. The average Bonchev–Trinajstić information content (AvgIpc) is 3.64. The first kappa shape index (κ1) is 26.5. The third-order valence-corrected chi connectivity index (χ3v) is 9.45. The summed E-state index contributed by atoms with van der Waals surface area (Å²) < 4.78 is 13.7.